The molecule has 1 fully saturated rings. The van der Waals surface area contributed by atoms with Crippen LogP contribution in [0.3, 0.4) is 0 Å². The monoisotopic (exact) mass is 206 g/mol. The maximum Gasteiger partial charge on any atom is 0.213 e. The van der Waals surface area contributed by atoms with Gasteiger partial charge >= 0.3 is 0 Å². The molecular formula is C12H18N2O. The summed E-state index contributed by atoms with van der Waals surface area (Å²) < 4.78 is 5.81. The van der Waals surface area contributed by atoms with Crippen LogP contribution < -0.4 is 4.74 Å². The van der Waals surface area contributed by atoms with Crippen molar-refractivity contribution in [2.75, 3.05) is 19.6 Å². The number of aromatic nitrogens is 1. The fourth-order valence-electron chi connectivity index (χ4n) is 1.93. The number of pyridine rings is 1. The Morgan fingerprint density at radius 1 is 1.40 bits per heavy atom. The minimum Gasteiger partial charge on any atom is -0.474 e. The Hall–Kier alpha value is -1.09. The van der Waals surface area contributed by atoms with Gasteiger partial charge in [-0.3, -0.25) is 0 Å². The highest BCUT2D eigenvalue weighted by molar-refractivity contribution is 5.09. The van der Waals surface area contributed by atoms with Crippen molar-refractivity contribution in [3.8, 4) is 5.88 Å². The first-order chi connectivity index (χ1) is 7.38. The molecule has 0 N–H and O–H groups in total. The molecule has 3 nitrogen and oxygen atoms in total. The molecule has 1 aromatic heterocycles. The lowest BCUT2D eigenvalue weighted by molar-refractivity contribution is 0.0998. The van der Waals surface area contributed by atoms with Crippen molar-refractivity contribution in [3.05, 3.63) is 24.4 Å². The maximum absolute atomic E-state index is 5.81. The Bertz CT molecular complexity index is 281. The molecule has 2 rings (SSSR count). The van der Waals surface area contributed by atoms with Gasteiger partial charge in [-0.1, -0.05) is 13.0 Å². The van der Waals surface area contributed by atoms with Crippen LogP contribution >= 0.6 is 0 Å². The summed E-state index contributed by atoms with van der Waals surface area (Å²) in [7, 11) is 0. The largest absolute Gasteiger partial charge is 0.474 e. The smallest absolute Gasteiger partial charge is 0.213 e. The molecule has 1 aromatic rings. The standard InChI is InChI=1S/C12H18N2O/c1-2-14-9-6-11(7-10-14)15-12-5-3-4-8-13-12/h3-5,8,11H,2,6-7,9-10H2,1H3. The van der Waals surface area contributed by atoms with E-state index in [1.54, 1.807) is 6.20 Å². The number of likely N-dealkylation sites (tertiary alicyclic amines) is 1. The van der Waals surface area contributed by atoms with Crippen LogP contribution in [-0.4, -0.2) is 35.6 Å². The molecule has 2 heterocycles. The molecule has 1 aliphatic rings. The average Bonchev–Trinajstić information content (AvgIpc) is 2.31. The molecule has 0 aromatic carbocycles. The van der Waals surface area contributed by atoms with E-state index in [4.69, 9.17) is 4.74 Å². The summed E-state index contributed by atoms with van der Waals surface area (Å²) in [5, 5.41) is 0. The number of nitrogens with zero attached hydrogens (tertiary/aromatic N) is 2. The van der Waals surface area contributed by atoms with E-state index in [0.29, 0.717) is 6.10 Å². The number of hydrogen-bond acceptors (Lipinski definition) is 3. The van der Waals surface area contributed by atoms with Crippen LogP contribution in [0.15, 0.2) is 24.4 Å². The number of rotatable bonds is 3. The second-order valence-corrected chi connectivity index (χ2v) is 3.92. The summed E-state index contributed by atoms with van der Waals surface area (Å²) in [6, 6.07) is 5.79. The number of ether oxygens (including phenoxy) is 1. The first-order valence-corrected chi connectivity index (χ1v) is 5.68. The molecule has 1 saturated heterocycles. The Morgan fingerprint density at radius 3 is 2.80 bits per heavy atom. The van der Waals surface area contributed by atoms with E-state index < -0.39 is 0 Å². The van der Waals surface area contributed by atoms with Crippen molar-refractivity contribution < 1.29 is 4.74 Å². The van der Waals surface area contributed by atoms with Crippen molar-refractivity contribution in [2.24, 2.45) is 0 Å². The third-order valence-corrected chi connectivity index (χ3v) is 2.91. The zero-order chi connectivity index (χ0) is 10.5. The molecule has 0 saturated carbocycles. The van der Waals surface area contributed by atoms with E-state index >= 15 is 0 Å². The lowest BCUT2D eigenvalue weighted by Crippen LogP contribution is -2.38. The summed E-state index contributed by atoms with van der Waals surface area (Å²) in [6.45, 7) is 5.65. The van der Waals surface area contributed by atoms with Gasteiger partial charge in [0, 0.05) is 25.4 Å². The highest BCUT2D eigenvalue weighted by atomic mass is 16.5. The van der Waals surface area contributed by atoms with Gasteiger partial charge in [0.05, 0.1) is 0 Å². The fraction of sp³-hybridized carbons (Fsp3) is 0.583. The van der Waals surface area contributed by atoms with Gasteiger partial charge in [-0.15, -0.1) is 0 Å². The molecule has 0 spiro atoms. The van der Waals surface area contributed by atoms with Crippen LogP contribution in [0.5, 0.6) is 5.88 Å². The Morgan fingerprint density at radius 2 is 2.20 bits per heavy atom. The number of hydrogen-bond donors (Lipinski definition) is 0. The Kier molecular flexibility index (Phi) is 3.56. The molecule has 15 heavy (non-hydrogen) atoms. The van der Waals surface area contributed by atoms with E-state index in [9.17, 15) is 0 Å². The van der Waals surface area contributed by atoms with Crippen LogP contribution in [0, 0.1) is 0 Å². The zero-order valence-electron chi connectivity index (χ0n) is 9.22. The third kappa shape index (κ3) is 2.93. The molecule has 0 amide bonds. The zero-order valence-corrected chi connectivity index (χ0v) is 9.22. The first kappa shape index (κ1) is 10.4. The van der Waals surface area contributed by atoms with Crippen molar-refractivity contribution in [1.29, 1.82) is 0 Å². The van der Waals surface area contributed by atoms with Crippen molar-refractivity contribution in [2.45, 2.75) is 25.9 Å². The molecule has 82 valence electrons. The molecule has 3 heteroatoms. The van der Waals surface area contributed by atoms with E-state index in [0.717, 1.165) is 38.4 Å². The van der Waals surface area contributed by atoms with Gasteiger partial charge in [0.2, 0.25) is 5.88 Å². The number of piperidine rings is 1. The van der Waals surface area contributed by atoms with Crippen LogP contribution in [0.4, 0.5) is 0 Å². The normalized spacial score (nSPS) is 19.0. The summed E-state index contributed by atoms with van der Waals surface area (Å²) in [4.78, 5) is 6.63. The third-order valence-electron chi connectivity index (χ3n) is 2.91. The van der Waals surface area contributed by atoms with Gasteiger partial charge < -0.3 is 9.64 Å². The second-order valence-electron chi connectivity index (χ2n) is 3.92. The summed E-state index contributed by atoms with van der Waals surface area (Å²) in [5.41, 5.74) is 0. The lowest BCUT2D eigenvalue weighted by atomic mass is 10.1. The van der Waals surface area contributed by atoms with Crippen LogP contribution in [-0.2, 0) is 0 Å². The summed E-state index contributed by atoms with van der Waals surface area (Å²) in [6.07, 6.45) is 4.36. The molecule has 0 radical (unpaired) electrons. The van der Waals surface area contributed by atoms with Crippen LogP contribution in [0.25, 0.3) is 0 Å². The lowest BCUT2D eigenvalue weighted by Gasteiger charge is -2.30. The quantitative estimate of drug-likeness (QED) is 0.755. The molecule has 1 aliphatic heterocycles. The fourth-order valence-corrected chi connectivity index (χ4v) is 1.93. The molecule has 0 aliphatic carbocycles. The predicted molar refractivity (Wildman–Crippen MR) is 60.0 cm³/mol. The average molecular weight is 206 g/mol. The highest BCUT2D eigenvalue weighted by Gasteiger charge is 2.19. The molecule has 0 atom stereocenters. The van der Waals surface area contributed by atoms with E-state index in [1.807, 2.05) is 18.2 Å². The maximum atomic E-state index is 5.81. The summed E-state index contributed by atoms with van der Waals surface area (Å²) in [5.74, 6) is 0.757. The first-order valence-electron chi connectivity index (χ1n) is 5.68. The van der Waals surface area contributed by atoms with E-state index in [-0.39, 0.29) is 0 Å². The second kappa shape index (κ2) is 5.12. The van der Waals surface area contributed by atoms with Crippen molar-refractivity contribution >= 4 is 0 Å². The molecule has 0 bridgehead atoms. The molecular weight excluding hydrogens is 188 g/mol. The highest BCUT2D eigenvalue weighted by Crippen LogP contribution is 2.16. The Labute approximate surface area is 91.1 Å². The molecule has 0 unspecified atom stereocenters. The summed E-state index contributed by atoms with van der Waals surface area (Å²) >= 11 is 0. The Balaban J connectivity index is 1.82. The van der Waals surface area contributed by atoms with Crippen molar-refractivity contribution in [1.82, 2.24) is 9.88 Å². The van der Waals surface area contributed by atoms with Gasteiger partial charge in [0.15, 0.2) is 0 Å². The van der Waals surface area contributed by atoms with E-state index in [1.165, 1.54) is 0 Å². The topological polar surface area (TPSA) is 25.4 Å². The van der Waals surface area contributed by atoms with Crippen molar-refractivity contribution in [3.63, 3.8) is 0 Å². The SMILES string of the molecule is CCN1CCC(Oc2ccccn2)CC1. The minimum absolute atomic E-state index is 0.350. The van der Waals surface area contributed by atoms with Gasteiger partial charge in [-0.05, 0) is 25.5 Å². The van der Waals surface area contributed by atoms with Gasteiger partial charge in [0.1, 0.15) is 6.10 Å². The van der Waals surface area contributed by atoms with Crippen LogP contribution in [0.2, 0.25) is 0 Å². The van der Waals surface area contributed by atoms with E-state index in [2.05, 4.69) is 16.8 Å². The van der Waals surface area contributed by atoms with Gasteiger partial charge in [-0.2, -0.15) is 0 Å². The van der Waals surface area contributed by atoms with Gasteiger partial charge in [0.25, 0.3) is 0 Å². The van der Waals surface area contributed by atoms with Crippen LogP contribution in [0.1, 0.15) is 19.8 Å². The predicted octanol–water partition coefficient (Wildman–Crippen LogP) is 1.94. The minimum atomic E-state index is 0.350. The van der Waals surface area contributed by atoms with Gasteiger partial charge in [-0.25, -0.2) is 4.98 Å².